The van der Waals surface area contributed by atoms with Crippen LogP contribution < -0.4 is 0 Å². The molecule has 0 atom stereocenters. The SMILES string of the molecule is Cc1cccc(C(=O)N(C)Cc2nnc3n2CCC3)n1. The maximum Gasteiger partial charge on any atom is 0.272 e. The van der Waals surface area contributed by atoms with Crippen LogP contribution in [0.1, 0.15) is 34.3 Å². The average molecular weight is 271 g/mol. The van der Waals surface area contributed by atoms with E-state index in [4.69, 9.17) is 0 Å². The van der Waals surface area contributed by atoms with Gasteiger partial charge < -0.3 is 9.47 Å². The van der Waals surface area contributed by atoms with E-state index in [1.54, 1.807) is 18.0 Å². The van der Waals surface area contributed by atoms with Gasteiger partial charge in [0.25, 0.3) is 5.91 Å². The molecule has 0 N–H and O–H groups in total. The van der Waals surface area contributed by atoms with Crippen molar-refractivity contribution in [3.8, 4) is 0 Å². The zero-order valence-electron chi connectivity index (χ0n) is 11.7. The number of hydrogen-bond donors (Lipinski definition) is 0. The number of carbonyl (C=O) groups excluding carboxylic acids is 1. The Bertz CT molecular complexity index is 649. The number of aryl methyl sites for hydroxylation is 2. The molecule has 0 bridgehead atoms. The largest absolute Gasteiger partial charge is 0.333 e. The molecule has 1 aliphatic heterocycles. The Labute approximate surface area is 117 Å². The Balaban J connectivity index is 1.76. The van der Waals surface area contributed by atoms with Gasteiger partial charge in [-0.1, -0.05) is 6.07 Å². The second-order valence-electron chi connectivity index (χ2n) is 5.11. The lowest BCUT2D eigenvalue weighted by Gasteiger charge is -2.16. The summed E-state index contributed by atoms with van der Waals surface area (Å²) in [6, 6.07) is 5.46. The van der Waals surface area contributed by atoms with Gasteiger partial charge in [-0.2, -0.15) is 0 Å². The topological polar surface area (TPSA) is 63.9 Å². The number of aromatic nitrogens is 4. The highest BCUT2D eigenvalue weighted by molar-refractivity contribution is 5.92. The Morgan fingerprint density at radius 3 is 3.05 bits per heavy atom. The lowest BCUT2D eigenvalue weighted by Crippen LogP contribution is -2.28. The maximum absolute atomic E-state index is 12.3. The molecule has 6 nitrogen and oxygen atoms in total. The van der Waals surface area contributed by atoms with Gasteiger partial charge in [-0.15, -0.1) is 10.2 Å². The molecule has 2 aromatic rings. The van der Waals surface area contributed by atoms with Crippen molar-refractivity contribution in [3.63, 3.8) is 0 Å². The number of nitrogens with zero attached hydrogens (tertiary/aromatic N) is 5. The Hall–Kier alpha value is -2.24. The predicted molar refractivity (Wildman–Crippen MR) is 73.1 cm³/mol. The molecule has 0 unspecified atom stereocenters. The molecule has 2 aromatic heterocycles. The average Bonchev–Trinajstić information content (AvgIpc) is 3.03. The van der Waals surface area contributed by atoms with Crippen molar-refractivity contribution in [2.24, 2.45) is 0 Å². The molecule has 0 spiro atoms. The van der Waals surface area contributed by atoms with Crippen molar-refractivity contribution in [1.82, 2.24) is 24.6 Å². The first-order valence-corrected chi connectivity index (χ1v) is 6.75. The first-order valence-electron chi connectivity index (χ1n) is 6.75. The summed E-state index contributed by atoms with van der Waals surface area (Å²) in [6.07, 6.45) is 2.08. The van der Waals surface area contributed by atoms with Gasteiger partial charge in [0.05, 0.1) is 6.54 Å². The van der Waals surface area contributed by atoms with Gasteiger partial charge >= 0.3 is 0 Å². The third kappa shape index (κ3) is 2.29. The van der Waals surface area contributed by atoms with Crippen LogP contribution in [-0.2, 0) is 19.5 Å². The summed E-state index contributed by atoms with van der Waals surface area (Å²) in [7, 11) is 1.77. The van der Waals surface area contributed by atoms with Gasteiger partial charge in [0.2, 0.25) is 0 Å². The number of fused-ring (bicyclic) bond motifs is 1. The summed E-state index contributed by atoms with van der Waals surface area (Å²) in [5.41, 5.74) is 1.31. The summed E-state index contributed by atoms with van der Waals surface area (Å²) in [5, 5.41) is 8.33. The third-order valence-corrected chi connectivity index (χ3v) is 3.52. The van der Waals surface area contributed by atoms with Crippen molar-refractivity contribution in [2.45, 2.75) is 32.9 Å². The molecule has 104 valence electrons. The summed E-state index contributed by atoms with van der Waals surface area (Å²) in [4.78, 5) is 18.2. The lowest BCUT2D eigenvalue weighted by atomic mass is 10.3. The summed E-state index contributed by atoms with van der Waals surface area (Å²) < 4.78 is 2.10. The zero-order valence-corrected chi connectivity index (χ0v) is 11.7. The highest BCUT2D eigenvalue weighted by Gasteiger charge is 2.20. The third-order valence-electron chi connectivity index (χ3n) is 3.52. The molecule has 3 heterocycles. The minimum absolute atomic E-state index is 0.0935. The van der Waals surface area contributed by atoms with Gasteiger partial charge in [-0.25, -0.2) is 4.98 Å². The molecule has 1 amide bonds. The molecule has 0 aliphatic carbocycles. The van der Waals surface area contributed by atoms with Crippen LogP contribution in [0.4, 0.5) is 0 Å². The first kappa shape index (κ1) is 12.8. The number of rotatable bonds is 3. The molecule has 0 saturated carbocycles. The fraction of sp³-hybridized carbons (Fsp3) is 0.429. The van der Waals surface area contributed by atoms with Crippen LogP contribution in [0, 0.1) is 6.92 Å². The van der Waals surface area contributed by atoms with Gasteiger partial charge in [0.1, 0.15) is 11.5 Å². The highest BCUT2D eigenvalue weighted by Crippen LogP contribution is 2.15. The van der Waals surface area contributed by atoms with E-state index in [1.165, 1.54) is 0 Å². The number of carbonyl (C=O) groups is 1. The molecule has 3 rings (SSSR count). The normalized spacial score (nSPS) is 13.3. The molecule has 20 heavy (non-hydrogen) atoms. The molecular formula is C14H17N5O. The van der Waals surface area contributed by atoms with Crippen molar-refractivity contribution >= 4 is 5.91 Å². The van der Waals surface area contributed by atoms with Crippen LogP contribution in [0.25, 0.3) is 0 Å². The smallest absolute Gasteiger partial charge is 0.272 e. The zero-order chi connectivity index (χ0) is 14.1. The second kappa shape index (κ2) is 5.03. The molecule has 0 radical (unpaired) electrons. The Morgan fingerprint density at radius 1 is 1.40 bits per heavy atom. The van der Waals surface area contributed by atoms with Crippen LogP contribution in [0.2, 0.25) is 0 Å². The number of amides is 1. The molecule has 0 fully saturated rings. The fourth-order valence-corrected chi connectivity index (χ4v) is 2.47. The fourth-order valence-electron chi connectivity index (χ4n) is 2.47. The van der Waals surface area contributed by atoms with Crippen molar-refractivity contribution in [2.75, 3.05) is 7.05 Å². The van der Waals surface area contributed by atoms with E-state index in [9.17, 15) is 4.79 Å². The van der Waals surface area contributed by atoms with E-state index < -0.39 is 0 Å². The van der Waals surface area contributed by atoms with E-state index in [-0.39, 0.29) is 5.91 Å². The minimum Gasteiger partial charge on any atom is -0.333 e. The standard InChI is InChI=1S/C14H17N5O/c1-10-5-3-6-11(15-10)14(20)18(2)9-13-17-16-12-7-4-8-19(12)13/h3,5-6H,4,7-9H2,1-2H3. The summed E-state index contributed by atoms with van der Waals surface area (Å²) in [6.45, 7) is 3.28. The van der Waals surface area contributed by atoms with E-state index in [0.29, 0.717) is 12.2 Å². The van der Waals surface area contributed by atoms with E-state index in [2.05, 4.69) is 19.7 Å². The predicted octanol–water partition coefficient (Wildman–Crippen LogP) is 1.20. The van der Waals surface area contributed by atoms with Crippen LogP contribution >= 0.6 is 0 Å². The van der Waals surface area contributed by atoms with Crippen molar-refractivity contribution in [1.29, 1.82) is 0 Å². The first-order chi connectivity index (χ1) is 9.65. The molecule has 6 heteroatoms. The quantitative estimate of drug-likeness (QED) is 0.841. The Kier molecular flexibility index (Phi) is 3.22. The van der Waals surface area contributed by atoms with E-state index in [1.807, 2.05) is 19.1 Å². The number of pyridine rings is 1. The summed E-state index contributed by atoms with van der Waals surface area (Å²) in [5.74, 6) is 1.78. The number of hydrogen-bond acceptors (Lipinski definition) is 4. The van der Waals surface area contributed by atoms with E-state index >= 15 is 0 Å². The summed E-state index contributed by atoms with van der Waals surface area (Å²) >= 11 is 0. The molecule has 0 aromatic carbocycles. The van der Waals surface area contributed by atoms with Crippen LogP contribution in [0.15, 0.2) is 18.2 Å². The molecular weight excluding hydrogens is 254 g/mol. The van der Waals surface area contributed by atoms with Crippen LogP contribution in [-0.4, -0.2) is 37.6 Å². The van der Waals surface area contributed by atoms with Gasteiger partial charge in [0, 0.05) is 25.7 Å². The van der Waals surface area contributed by atoms with Crippen LogP contribution in [0.5, 0.6) is 0 Å². The van der Waals surface area contributed by atoms with Gasteiger partial charge in [0.15, 0.2) is 5.82 Å². The van der Waals surface area contributed by atoms with Gasteiger partial charge in [-0.3, -0.25) is 4.79 Å². The van der Waals surface area contributed by atoms with Crippen molar-refractivity contribution in [3.05, 3.63) is 41.2 Å². The second-order valence-corrected chi connectivity index (χ2v) is 5.11. The minimum atomic E-state index is -0.0935. The Morgan fingerprint density at radius 2 is 2.25 bits per heavy atom. The van der Waals surface area contributed by atoms with E-state index in [0.717, 1.165) is 36.7 Å². The highest BCUT2D eigenvalue weighted by atomic mass is 16.2. The van der Waals surface area contributed by atoms with Crippen LogP contribution in [0.3, 0.4) is 0 Å². The lowest BCUT2D eigenvalue weighted by molar-refractivity contribution is 0.0774. The monoisotopic (exact) mass is 271 g/mol. The molecule has 1 aliphatic rings. The maximum atomic E-state index is 12.3. The van der Waals surface area contributed by atoms with Gasteiger partial charge in [-0.05, 0) is 25.5 Å². The molecule has 0 saturated heterocycles. The van der Waals surface area contributed by atoms with Crippen molar-refractivity contribution < 1.29 is 4.79 Å².